The van der Waals surface area contributed by atoms with Gasteiger partial charge in [-0.25, -0.2) is 4.79 Å². The van der Waals surface area contributed by atoms with E-state index in [-0.39, 0.29) is 18.9 Å². The first-order valence-electron chi connectivity index (χ1n) is 5.17. The average Bonchev–Trinajstić information content (AvgIpc) is 2.75. The van der Waals surface area contributed by atoms with E-state index in [9.17, 15) is 4.79 Å². The molecule has 0 saturated carbocycles. The maximum atomic E-state index is 10.5. The highest BCUT2D eigenvalue weighted by atomic mass is 16.7. The molecule has 0 spiro atoms. The van der Waals surface area contributed by atoms with Crippen molar-refractivity contribution in [1.29, 1.82) is 0 Å². The van der Waals surface area contributed by atoms with Crippen molar-refractivity contribution < 1.29 is 19.4 Å². The first-order valence-corrected chi connectivity index (χ1v) is 5.17. The van der Waals surface area contributed by atoms with E-state index in [1.807, 2.05) is 18.2 Å². The SMILES string of the molecule is C=C(CNCc1ccc2c(c1)OCO2)C(=O)O. The van der Waals surface area contributed by atoms with Gasteiger partial charge in [0, 0.05) is 18.7 Å². The van der Waals surface area contributed by atoms with Gasteiger partial charge < -0.3 is 19.9 Å². The van der Waals surface area contributed by atoms with E-state index in [0.29, 0.717) is 6.54 Å². The summed E-state index contributed by atoms with van der Waals surface area (Å²) >= 11 is 0. The molecule has 0 saturated heterocycles. The molecule has 1 aromatic carbocycles. The molecule has 0 atom stereocenters. The molecule has 0 aromatic heterocycles. The molecule has 0 amide bonds. The van der Waals surface area contributed by atoms with E-state index in [1.54, 1.807) is 0 Å². The van der Waals surface area contributed by atoms with Gasteiger partial charge in [0.05, 0.1) is 0 Å². The van der Waals surface area contributed by atoms with Crippen LogP contribution in [0.4, 0.5) is 0 Å². The Kier molecular flexibility index (Phi) is 3.30. The van der Waals surface area contributed by atoms with Crippen LogP contribution < -0.4 is 14.8 Å². The summed E-state index contributed by atoms with van der Waals surface area (Å²) in [6.45, 7) is 4.50. The van der Waals surface area contributed by atoms with E-state index in [1.165, 1.54) is 0 Å². The third kappa shape index (κ3) is 2.76. The number of carboxylic acids is 1. The van der Waals surface area contributed by atoms with Gasteiger partial charge in [0.2, 0.25) is 6.79 Å². The molecule has 5 nitrogen and oxygen atoms in total. The summed E-state index contributed by atoms with van der Waals surface area (Å²) in [5.41, 5.74) is 1.15. The van der Waals surface area contributed by atoms with Crippen LogP contribution in [0.2, 0.25) is 0 Å². The predicted octanol–water partition coefficient (Wildman–Crippen LogP) is 1.15. The van der Waals surface area contributed by atoms with Crippen LogP contribution in [0, 0.1) is 0 Å². The highest BCUT2D eigenvalue weighted by Crippen LogP contribution is 2.32. The zero-order valence-electron chi connectivity index (χ0n) is 9.23. The van der Waals surface area contributed by atoms with Gasteiger partial charge in [-0.05, 0) is 17.7 Å². The number of hydrogen-bond donors (Lipinski definition) is 2. The van der Waals surface area contributed by atoms with Gasteiger partial charge in [-0.1, -0.05) is 12.6 Å². The van der Waals surface area contributed by atoms with Crippen molar-refractivity contribution in [3.63, 3.8) is 0 Å². The lowest BCUT2D eigenvalue weighted by Crippen LogP contribution is -2.19. The van der Waals surface area contributed by atoms with E-state index >= 15 is 0 Å². The van der Waals surface area contributed by atoms with Gasteiger partial charge >= 0.3 is 5.97 Å². The number of rotatable bonds is 5. The van der Waals surface area contributed by atoms with Crippen molar-refractivity contribution in [2.24, 2.45) is 0 Å². The smallest absolute Gasteiger partial charge is 0.332 e. The van der Waals surface area contributed by atoms with Crippen LogP contribution in [-0.2, 0) is 11.3 Å². The van der Waals surface area contributed by atoms with Gasteiger partial charge in [-0.15, -0.1) is 0 Å². The molecule has 0 bridgehead atoms. The number of aliphatic carboxylic acids is 1. The lowest BCUT2D eigenvalue weighted by atomic mass is 10.2. The fourth-order valence-electron chi connectivity index (χ4n) is 1.48. The normalized spacial score (nSPS) is 12.5. The molecule has 0 fully saturated rings. The van der Waals surface area contributed by atoms with Gasteiger partial charge in [0.25, 0.3) is 0 Å². The van der Waals surface area contributed by atoms with Crippen LogP contribution in [0.5, 0.6) is 11.5 Å². The minimum atomic E-state index is -0.983. The second-order valence-corrected chi connectivity index (χ2v) is 3.70. The minimum absolute atomic E-state index is 0.144. The molecule has 17 heavy (non-hydrogen) atoms. The highest BCUT2D eigenvalue weighted by Gasteiger charge is 2.12. The molecule has 1 aliphatic heterocycles. The topological polar surface area (TPSA) is 67.8 Å². The number of hydrogen-bond acceptors (Lipinski definition) is 4. The second-order valence-electron chi connectivity index (χ2n) is 3.70. The molecule has 0 aliphatic carbocycles. The van der Waals surface area contributed by atoms with Crippen molar-refractivity contribution in [3.8, 4) is 11.5 Å². The standard InChI is InChI=1S/C12H13NO4/c1-8(12(14)15)5-13-6-9-2-3-10-11(4-9)17-7-16-10/h2-4,13H,1,5-7H2,(H,14,15). The largest absolute Gasteiger partial charge is 0.478 e. The summed E-state index contributed by atoms with van der Waals surface area (Å²) in [6.07, 6.45) is 0. The molecule has 1 aliphatic rings. The summed E-state index contributed by atoms with van der Waals surface area (Å²) in [7, 11) is 0. The zero-order valence-corrected chi connectivity index (χ0v) is 9.23. The zero-order chi connectivity index (χ0) is 12.3. The number of carboxylic acid groups (broad SMARTS) is 1. The summed E-state index contributed by atoms with van der Waals surface area (Å²) in [6, 6.07) is 5.62. The Labute approximate surface area is 98.7 Å². The monoisotopic (exact) mass is 235 g/mol. The summed E-state index contributed by atoms with van der Waals surface area (Å²) < 4.78 is 10.4. The van der Waals surface area contributed by atoms with Crippen LogP contribution in [0.3, 0.4) is 0 Å². The summed E-state index contributed by atoms with van der Waals surface area (Å²) in [5, 5.41) is 11.6. The molecular formula is C12H13NO4. The Bertz CT molecular complexity index is 456. The number of carbonyl (C=O) groups is 1. The number of ether oxygens (including phenoxy) is 2. The maximum absolute atomic E-state index is 10.5. The van der Waals surface area contributed by atoms with Crippen molar-refractivity contribution in [2.45, 2.75) is 6.54 Å². The van der Waals surface area contributed by atoms with Gasteiger partial charge in [-0.2, -0.15) is 0 Å². The highest BCUT2D eigenvalue weighted by molar-refractivity contribution is 5.86. The first-order chi connectivity index (χ1) is 8.16. The van der Waals surface area contributed by atoms with Crippen molar-refractivity contribution in [1.82, 2.24) is 5.32 Å². The Morgan fingerprint density at radius 3 is 2.94 bits per heavy atom. The number of benzene rings is 1. The number of fused-ring (bicyclic) bond motifs is 1. The third-order valence-electron chi connectivity index (χ3n) is 2.41. The molecular weight excluding hydrogens is 222 g/mol. The lowest BCUT2D eigenvalue weighted by Gasteiger charge is -2.05. The summed E-state index contributed by atoms with van der Waals surface area (Å²) in [4.78, 5) is 10.5. The summed E-state index contributed by atoms with van der Waals surface area (Å²) in [5.74, 6) is 0.480. The fraction of sp³-hybridized carbons (Fsp3) is 0.250. The van der Waals surface area contributed by atoms with Crippen molar-refractivity contribution >= 4 is 5.97 Å². The van der Waals surface area contributed by atoms with Crippen LogP contribution in [0.25, 0.3) is 0 Å². The van der Waals surface area contributed by atoms with Gasteiger partial charge in [0.15, 0.2) is 11.5 Å². The molecule has 1 heterocycles. The quantitative estimate of drug-likeness (QED) is 0.749. The fourth-order valence-corrected chi connectivity index (χ4v) is 1.48. The Hall–Kier alpha value is -2.01. The van der Waals surface area contributed by atoms with Crippen LogP contribution >= 0.6 is 0 Å². The molecule has 2 rings (SSSR count). The maximum Gasteiger partial charge on any atom is 0.332 e. The first kappa shape index (κ1) is 11.5. The van der Waals surface area contributed by atoms with Crippen LogP contribution in [0.1, 0.15) is 5.56 Å². The average molecular weight is 235 g/mol. The molecule has 5 heteroatoms. The van der Waals surface area contributed by atoms with Crippen LogP contribution in [-0.4, -0.2) is 24.4 Å². The van der Waals surface area contributed by atoms with Crippen molar-refractivity contribution in [2.75, 3.05) is 13.3 Å². The molecule has 2 N–H and O–H groups in total. The molecule has 90 valence electrons. The van der Waals surface area contributed by atoms with E-state index in [2.05, 4.69) is 11.9 Å². The van der Waals surface area contributed by atoms with E-state index in [4.69, 9.17) is 14.6 Å². The Balaban J connectivity index is 1.87. The molecule has 0 unspecified atom stereocenters. The van der Waals surface area contributed by atoms with Gasteiger partial charge in [-0.3, -0.25) is 0 Å². The second kappa shape index (κ2) is 4.88. The Morgan fingerprint density at radius 1 is 1.41 bits per heavy atom. The predicted molar refractivity (Wildman–Crippen MR) is 61.0 cm³/mol. The molecule has 0 radical (unpaired) electrons. The third-order valence-corrected chi connectivity index (χ3v) is 2.41. The number of nitrogens with one attached hydrogen (secondary N) is 1. The minimum Gasteiger partial charge on any atom is -0.478 e. The van der Waals surface area contributed by atoms with Crippen molar-refractivity contribution in [3.05, 3.63) is 35.9 Å². The van der Waals surface area contributed by atoms with E-state index in [0.717, 1.165) is 17.1 Å². The van der Waals surface area contributed by atoms with Crippen LogP contribution in [0.15, 0.2) is 30.4 Å². The lowest BCUT2D eigenvalue weighted by molar-refractivity contribution is -0.132. The van der Waals surface area contributed by atoms with E-state index < -0.39 is 5.97 Å². The molecule has 1 aromatic rings. The Morgan fingerprint density at radius 2 is 2.18 bits per heavy atom. The van der Waals surface area contributed by atoms with Gasteiger partial charge in [0.1, 0.15) is 0 Å².